The van der Waals surface area contributed by atoms with Crippen LogP contribution < -0.4 is 10.1 Å². The Hall–Kier alpha value is -1.09. The van der Waals surface area contributed by atoms with Crippen LogP contribution in [0.15, 0.2) is 18.5 Å². The molecule has 3 heteroatoms. The van der Waals surface area contributed by atoms with Crippen molar-refractivity contribution in [2.24, 2.45) is 5.41 Å². The molecule has 1 aromatic rings. The average Bonchev–Trinajstić information content (AvgIpc) is 2.85. The van der Waals surface area contributed by atoms with Gasteiger partial charge in [0.05, 0.1) is 12.8 Å². The van der Waals surface area contributed by atoms with Crippen LogP contribution in [0, 0.1) is 5.41 Å². The Morgan fingerprint density at radius 2 is 2.11 bits per heavy atom. The third-order valence-corrected chi connectivity index (χ3v) is 4.27. The molecular formula is C16H26N2O. The highest BCUT2D eigenvalue weighted by Gasteiger charge is 2.37. The van der Waals surface area contributed by atoms with Gasteiger partial charge in [0.1, 0.15) is 5.75 Å². The van der Waals surface area contributed by atoms with Crippen LogP contribution in [0.1, 0.15) is 57.6 Å². The lowest BCUT2D eigenvalue weighted by atomic mass is 9.77. The monoisotopic (exact) mass is 262 g/mol. The lowest BCUT2D eigenvalue weighted by Gasteiger charge is -2.34. The second-order valence-corrected chi connectivity index (χ2v) is 5.89. The molecule has 1 fully saturated rings. The molecule has 1 unspecified atom stereocenters. The van der Waals surface area contributed by atoms with E-state index in [1.807, 2.05) is 19.4 Å². The van der Waals surface area contributed by atoms with Crippen molar-refractivity contribution in [3.63, 3.8) is 0 Å². The van der Waals surface area contributed by atoms with Crippen molar-refractivity contribution in [1.82, 2.24) is 10.3 Å². The fraction of sp³-hybridized carbons (Fsp3) is 0.688. The molecule has 1 aliphatic rings. The van der Waals surface area contributed by atoms with Crippen molar-refractivity contribution in [1.29, 1.82) is 0 Å². The first-order valence-electron chi connectivity index (χ1n) is 7.44. The third-order valence-electron chi connectivity index (χ3n) is 4.27. The summed E-state index contributed by atoms with van der Waals surface area (Å²) in [6.45, 7) is 5.26. The third kappa shape index (κ3) is 3.27. The maximum Gasteiger partial charge on any atom is 0.137 e. The Labute approximate surface area is 116 Å². The SMILES string of the molecule is CCCOc1cncc(C(NC)C2(C)CCCC2)c1. The van der Waals surface area contributed by atoms with Crippen LogP contribution in [0.25, 0.3) is 0 Å². The van der Waals surface area contributed by atoms with Gasteiger partial charge in [0, 0.05) is 12.2 Å². The molecule has 1 heterocycles. The van der Waals surface area contributed by atoms with E-state index >= 15 is 0 Å². The average molecular weight is 262 g/mol. The molecule has 0 amide bonds. The minimum atomic E-state index is 0.347. The van der Waals surface area contributed by atoms with Gasteiger partial charge in [0.25, 0.3) is 0 Å². The molecular weight excluding hydrogens is 236 g/mol. The van der Waals surface area contributed by atoms with Crippen molar-refractivity contribution in [3.05, 3.63) is 24.0 Å². The molecule has 0 aromatic carbocycles. The van der Waals surface area contributed by atoms with E-state index in [2.05, 4.69) is 30.2 Å². The summed E-state index contributed by atoms with van der Waals surface area (Å²) in [5, 5.41) is 3.49. The van der Waals surface area contributed by atoms with E-state index in [0.29, 0.717) is 11.5 Å². The minimum Gasteiger partial charge on any atom is -0.492 e. The Balaban J connectivity index is 2.18. The van der Waals surface area contributed by atoms with E-state index in [4.69, 9.17) is 4.74 Å². The van der Waals surface area contributed by atoms with Crippen molar-refractivity contribution in [3.8, 4) is 5.75 Å². The molecule has 1 atom stereocenters. The quantitative estimate of drug-likeness (QED) is 0.848. The summed E-state index contributed by atoms with van der Waals surface area (Å²) in [4.78, 5) is 4.34. The number of aromatic nitrogens is 1. The lowest BCUT2D eigenvalue weighted by Crippen LogP contribution is -2.32. The molecule has 0 radical (unpaired) electrons. The van der Waals surface area contributed by atoms with E-state index in [1.54, 1.807) is 0 Å². The molecule has 0 spiro atoms. The Bertz CT molecular complexity index is 399. The zero-order valence-electron chi connectivity index (χ0n) is 12.4. The second kappa shape index (κ2) is 6.38. The van der Waals surface area contributed by atoms with Crippen LogP contribution in [0.4, 0.5) is 0 Å². The summed E-state index contributed by atoms with van der Waals surface area (Å²) in [5.41, 5.74) is 1.60. The lowest BCUT2D eigenvalue weighted by molar-refractivity contribution is 0.232. The first-order valence-corrected chi connectivity index (χ1v) is 7.44. The normalized spacial score (nSPS) is 19.3. The predicted molar refractivity (Wildman–Crippen MR) is 78.4 cm³/mol. The van der Waals surface area contributed by atoms with Gasteiger partial charge in [0.15, 0.2) is 0 Å². The molecule has 2 rings (SSSR count). The second-order valence-electron chi connectivity index (χ2n) is 5.89. The summed E-state index contributed by atoms with van der Waals surface area (Å²) in [6, 6.07) is 2.51. The van der Waals surface area contributed by atoms with E-state index in [1.165, 1.54) is 31.2 Å². The van der Waals surface area contributed by atoms with Crippen LogP contribution in [0.5, 0.6) is 5.75 Å². The smallest absolute Gasteiger partial charge is 0.137 e. The van der Waals surface area contributed by atoms with Gasteiger partial charge in [-0.3, -0.25) is 4.98 Å². The molecule has 0 saturated heterocycles. The predicted octanol–water partition coefficient (Wildman–Crippen LogP) is 3.71. The summed E-state index contributed by atoms with van der Waals surface area (Å²) < 4.78 is 5.70. The van der Waals surface area contributed by atoms with Gasteiger partial charge in [0.2, 0.25) is 0 Å². The van der Waals surface area contributed by atoms with Gasteiger partial charge in [-0.25, -0.2) is 0 Å². The van der Waals surface area contributed by atoms with Gasteiger partial charge >= 0.3 is 0 Å². The number of ether oxygens (including phenoxy) is 1. The molecule has 1 aliphatic carbocycles. The summed E-state index contributed by atoms with van der Waals surface area (Å²) >= 11 is 0. The fourth-order valence-electron chi connectivity index (χ4n) is 3.28. The first kappa shape index (κ1) is 14.3. The summed E-state index contributed by atoms with van der Waals surface area (Å²) in [5.74, 6) is 0.890. The highest BCUT2D eigenvalue weighted by Crippen LogP contribution is 2.47. The van der Waals surface area contributed by atoms with E-state index in [0.717, 1.165) is 18.8 Å². The van der Waals surface area contributed by atoms with Crippen molar-refractivity contribution in [2.75, 3.05) is 13.7 Å². The number of hydrogen-bond donors (Lipinski definition) is 1. The van der Waals surface area contributed by atoms with Gasteiger partial charge < -0.3 is 10.1 Å². The number of nitrogens with one attached hydrogen (secondary N) is 1. The van der Waals surface area contributed by atoms with Crippen molar-refractivity contribution >= 4 is 0 Å². The van der Waals surface area contributed by atoms with Crippen LogP contribution in [0.3, 0.4) is 0 Å². The van der Waals surface area contributed by atoms with E-state index in [-0.39, 0.29) is 0 Å². The first-order chi connectivity index (χ1) is 9.19. The molecule has 0 aliphatic heterocycles. The minimum absolute atomic E-state index is 0.347. The number of rotatable bonds is 6. The largest absolute Gasteiger partial charge is 0.492 e. The number of nitrogens with zero attached hydrogens (tertiary/aromatic N) is 1. The highest BCUT2D eigenvalue weighted by molar-refractivity contribution is 5.27. The Kier molecular flexibility index (Phi) is 4.81. The zero-order chi connectivity index (χ0) is 13.7. The summed E-state index contributed by atoms with van der Waals surface area (Å²) in [6.07, 6.45) is 10.1. The standard InChI is InChI=1S/C16H26N2O/c1-4-9-19-14-10-13(11-18-12-14)15(17-3)16(2)7-5-6-8-16/h10-12,15,17H,4-9H2,1-3H3. The molecule has 19 heavy (non-hydrogen) atoms. The number of hydrogen-bond acceptors (Lipinski definition) is 3. The van der Waals surface area contributed by atoms with Crippen molar-refractivity contribution in [2.45, 2.75) is 52.0 Å². The highest BCUT2D eigenvalue weighted by atomic mass is 16.5. The molecule has 1 aromatic heterocycles. The molecule has 106 valence electrons. The Morgan fingerprint density at radius 3 is 2.74 bits per heavy atom. The van der Waals surface area contributed by atoms with Crippen molar-refractivity contribution < 1.29 is 4.74 Å². The van der Waals surface area contributed by atoms with Crippen LogP contribution >= 0.6 is 0 Å². The van der Waals surface area contributed by atoms with E-state index < -0.39 is 0 Å². The van der Waals surface area contributed by atoms with Gasteiger partial charge in [-0.05, 0) is 43.4 Å². The molecule has 1 saturated carbocycles. The number of pyridine rings is 1. The Morgan fingerprint density at radius 1 is 1.37 bits per heavy atom. The molecule has 0 bridgehead atoms. The topological polar surface area (TPSA) is 34.1 Å². The molecule has 1 N–H and O–H groups in total. The van der Waals surface area contributed by atoms with Gasteiger partial charge in [-0.1, -0.05) is 26.7 Å². The van der Waals surface area contributed by atoms with E-state index in [9.17, 15) is 0 Å². The maximum atomic E-state index is 5.70. The summed E-state index contributed by atoms with van der Waals surface area (Å²) in [7, 11) is 2.05. The van der Waals surface area contributed by atoms with Gasteiger partial charge in [-0.15, -0.1) is 0 Å². The van der Waals surface area contributed by atoms with Crippen LogP contribution in [-0.2, 0) is 0 Å². The fourth-order valence-corrected chi connectivity index (χ4v) is 3.28. The van der Waals surface area contributed by atoms with Crippen LogP contribution in [-0.4, -0.2) is 18.6 Å². The maximum absolute atomic E-state index is 5.70. The van der Waals surface area contributed by atoms with Crippen LogP contribution in [0.2, 0.25) is 0 Å². The van der Waals surface area contributed by atoms with Gasteiger partial charge in [-0.2, -0.15) is 0 Å². The molecule has 3 nitrogen and oxygen atoms in total. The zero-order valence-corrected chi connectivity index (χ0v) is 12.4.